The molecule has 3 aromatic rings. The first kappa shape index (κ1) is 21.8. The Balaban J connectivity index is 1.89. The largest absolute Gasteiger partial charge is 0.497 e. The number of amides is 1. The summed E-state index contributed by atoms with van der Waals surface area (Å²) < 4.78 is 40.5. The lowest BCUT2D eigenvalue weighted by molar-refractivity contribution is -0.0498. The number of anilines is 1. The maximum absolute atomic E-state index is 12.6. The minimum Gasteiger partial charge on any atom is -0.497 e. The Bertz CT molecular complexity index is 1050. The summed E-state index contributed by atoms with van der Waals surface area (Å²) in [5.74, 6) is -0.564. The molecule has 0 aliphatic rings. The van der Waals surface area contributed by atoms with Crippen molar-refractivity contribution in [2.24, 2.45) is 0 Å². The van der Waals surface area contributed by atoms with Crippen molar-refractivity contribution >= 4 is 17.8 Å². The van der Waals surface area contributed by atoms with E-state index in [4.69, 9.17) is 9.47 Å². The van der Waals surface area contributed by atoms with Gasteiger partial charge in [0.15, 0.2) is 5.69 Å². The molecule has 10 heteroatoms. The van der Waals surface area contributed by atoms with Crippen molar-refractivity contribution in [1.29, 1.82) is 0 Å². The Hall–Kier alpha value is -3.95. The van der Waals surface area contributed by atoms with Crippen LogP contribution in [0.1, 0.15) is 27.8 Å². The number of imidazole rings is 1. The Morgan fingerprint density at radius 1 is 1.06 bits per heavy atom. The first-order chi connectivity index (χ1) is 14.9. The maximum Gasteiger partial charge on any atom is 0.387 e. The number of benzene rings is 2. The van der Waals surface area contributed by atoms with Gasteiger partial charge in [0.2, 0.25) is 5.95 Å². The van der Waals surface area contributed by atoms with Crippen LogP contribution in [0.5, 0.6) is 11.5 Å². The maximum atomic E-state index is 12.6. The minimum atomic E-state index is -2.96. The SMILES string of the molecule is CCOC(=O)c1cn(-c2ccc(OC)cc2)c(NC(=O)c2ccc(OC(F)F)cc2)n1. The van der Waals surface area contributed by atoms with E-state index in [1.54, 1.807) is 31.2 Å². The van der Waals surface area contributed by atoms with E-state index in [1.807, 2.05) is 0 Å². The van der Waals surface area contributed by atoms with Crippen LogP contribution < -0.4 is 14.8 Å². The number of nitrogens with one attached hydrogen (secondary N) is 1. The van der Waals surface area contributed by atoms with E-state index in [0.29, 0.717) is 11.4 Å². The fourth-order valence-electron chi connectivity index (χ4n) is 2.67. The first-order valence-electron chi connectivity index (χ1n) is 9.18. The minimum absolute atomic E-state index is 0.00801. The zero-order chi connectivity index (χ0) is 22.4. The zero-order valence-electron chi connectivity index (χ0n) is 16.7. The van der Waals surface area contributed by atoms with Crippen molar-refractivity contribution < 1.29 is 32.6 Å². The third kappa shape index (κ3) is 5.35. The van der Waals surface area contributed by atoms with Crippen LogP contribution in [-0.2, 0) is 4.74 Å². The van der Waals surface area contributed by atoms with Gasteiger partial charge in [-0.25, -0.2) is 9.78 Å². The number of halogens is 2. The summed E-state index contributed by atoms with van der Waals surface area (Å²) in [6.45, 7) is -1.12. The van der Waals surface area contributed by atoms with E-state index in [0.717, 1.165) is 0 Å². The molecule has 1 amide bonds. The second-order valence-electron chi connectivity index (χ2n) is 6.10. The summed E-state index contributed by atoms with van der Waals surface area (Å²) in [5, 5.41) is 2.62. The quantitative estimate of drug-likeness (QED) is 0.544. The van der Waals surface area contributed by atoms with Crippen LogP contribution in [0.4, 0.5) is 14.7 Å². The van der Waals surface area contributed by atoms with Crippen LogP contribution in [0.15, 0.2) is 54.7 Å². The summed E-state index contributed by atoms with van der Waals surface area (Å²) in [5.41, 5.74) is 0.803. The second-order valence-corrected chi connectivity index (χ2v) is 6.10. The Morgan fingerprint density at radius 3 is 2.29 bits per heavy atom. The smallest absolute Gasteiger partial charge is 0.387 e. The monoisotopic (exact) mass is 431 g/mol. The van der Waals surface area contributed by atoms with E-state index in [1.165, 1.54) is 42.1 Å². The van der Waals surface area contributed by atoms with Crippen molar-refractivity contribution in [3.8, 4) is 17.2 Å². The van der Waals surface area contributed by atoms with Gasteiger partial charge in [-0.15, -0.1) is 0 Å². The van der Waals surface area contributed by atoms with Gasteiger partial charge in [-0.1, -0.05) is 0 Å². The third-order valence-corrected chi connectivity index (χ3v) is 4.11. The molecule has 162 valence electrons. The fraction of sp³-hybridized carbons (Fsp3) is 0.190. The van der Waals surface area contributed by atoms with Crippen molar-refractivity contribution in [3.05, 3.63) is 66.0 Å². The van der Waals surface area contributed by atoms with Crippen molar-refractivity contribution in [1.82, 2.24) is 9.55 Å². The van der Waals surface area contributed by atoms with Crippen molar-refractivity contribution in [3.63, 3.8) is 0 Å². The number of esters is 1. The van der Waals surface area contributed by atoms with Crippen LogP contribution in [0.25, 0.3) is 5.69 Å². The Kier molecular flexibility index (Phi) is 6.81. The lowest BCUT2D eigenvalue weighted by Gasteiger charge is -2.10. The molecule has 0 radical (unpaired) electrons. The second kappa shape index (κ2) is 9.70. The molecule has 0 fully saturated rings. The van der Waals surface area contributed by atoms with Gasteiger partial charge in [0.1, 0.15) is 11.5 Å². The molecule has 2 aromatic carbocycles. The zero-order valence-corrected chi connectivity index (χ0v) is 16.7. The number of methoxy groups -OCH3 is 1. The van der Waals surface area contributed by atoms with Gasteiger partial charge < -0.3 is 14.2 Å². The molecule has 0 atom stereocenters. The number of hydrogen-bond acceptors (Lipinski definition) is 6. The van der Waals surface area contributed by atoms with Gasteiger partial charge in [0.25, 0.3) is 5.91 Å². The third-order valence-electron chi connectivity index (χ3n) is 4.11. The number of alkyl halides is 2. The number of rotatable bonds is 8. The molecule has 0 spiro atoms. The van der Waals surface area contributed by atoms with Crippen LogP contribution >= 0.6 is 0 Å². The summed E-state index contributed by atoms with van der Waals surface area (Å²) in [7, 11) is 1.54. The molecule has 1 heterocycles. The Morgan fingerprint density at radius 2 is 1.71 bits per heavy atom. The van der Waals surface area contributed by atoms with Gasteiger partial charge >= 0.3 is 12.6 Å². The van der Waals surface area contributed by atoms with Gasteiger partial charge in [-0.3, -0.25) is 14.7 Å². The summed E-state index contributed by atoms with van der Waals surface area (Å²) in [4.78, 5) is 28.9. The fourth-order valence-corrected chi connectivity index (χ4v) is 2.67. The molecule has 8 nitrogen and oxygen atoms in total. The highest BCUT2D eigenvalue weighted by Gasteiger charge is 2.19. The predicted molar refractivity (Wildman–Crippen MR) is 107 cm³/mol. The highest BCUT2D eigenvalue weighted by Crippen LogP contribution is 2.22. The molecule has 0 aliphatic carbocycles. The lowest BCUT2D eigenvalue weighted by Crippen LogP contribution is -2.15. The van der Waals surface area contributed by atoms with Crippen molar-refractivity contribution in [2.45, 2.75) is 13.5 Å². The predicted octanol–water partition coefficient (Wildman–Crippen LogP) is 3.91. The average molecular weight is 431 g/mol. The molecule has 0 saturated heterocycles. The average Bonchev–Trinajstić information content (AvgIpc) is 3.18. The molecule has 0 bridgehead atoms. The van der Waals surface area contributed by atoms with Crippen LogP contribution in [0.3, 0.4) is 0 Å². The normalized spacial score (nSPS) is 10.6. The number of hydrogen-bond donors (Lipinski definition) is 1. The lowest BCUT2D eigenvalue weighted by atomic mass is 10.2. The van der Waals surface area contributed by atoms with E-state index in [2.05, 4.69) is 15.0 Å². The highest BCUT2D eigenvalue weighted by atomic mass is 19.3. The van der Waals surface area contributed by atoms with Crippen LogP contribution in [0.2, 0.25) is 0 Å². The molecule has 0 unspecified atom stereocenters. The van der Waals surface area contributed by atoms with E-state index in [9.17, 15) is 18.4 Å². The van der Waals surface area contributed by atoms with Gasteiger partial charge in [0.05, 0.1) is 13.7 Å². The standard InChI is InChI=1S/C21H19F2N3O5/c1-3-30-19(28)17-12-26(14-6-10-15(29-2)11-7-14)21(24-17)25-18(27)13-4-8-16(9-5-13)31-20(22)23/h4-12,20H,3H2,1-2H3,(H,24,25,27). The molecular formula is C21H19F2N3O5. The van der Waals surface area contributed by atoms with Crippen molar-refractivity contribution in [2.75, 3.05) is 19.0 Å². The summed E-state index contributed by atoms with van der Waals surface area (Å²) in [6.07, 6.45) is 1.44. The van der Waals surface area contributed by atoms with E-state index < -0.39 is 18.5 Å². The number of nitrogens with zero attached hydrogens (tertiary/aromatic N) is 2. The van der Waals surface area contributed by atoms with Crippen LogP contribution in [0, 0.1) is 0 Å². The van der Waals surface area contributed by atoms with E-state index in [-0.39, 0.29) is 29.6 Å². The number of ether oxygens (including phenoxy) is 3. The molecule has 1 N–H and O–H groups in total. The van der Waals surface area contributed by atoms with Gasteiger partial charge in [-0.05, 0) is 55.5 Å². The highest BCUT2D eigenvalue weighted by molar-refractivity contribution is 6.04. The molecule has 31 heavy (non-hydrogen) atoms. The summed E-state index contributed by atoms with van der Waals surface area (Å²) in [6, 6.07) is 12.0. The molecular weight excluding hydrogens is 412 g/mol. The molecule has 1 aromatic heterocycles. The molecule has 0 aliphatic heterocycles. The van der Waals surface area contributed by atoms with E-state index >= 15 is 0 Å². The number of carbonyl (C=O) groups excluding carboxylic acids is 2. The topological polar surface area (TPSA) is 91.7 Å². The van der Waals surface area contributed by atoms with Crippen LogP contribution in [-0.4, -0.2) is 41.8 Å². The Labute approximate surface area is 176 Å². The number of aromatic nitrogens is 2. The van der Waals surface area contributed by atoms with Gasteiger partial charge in [0, 0.05) is 17.4 Å². The molecule has 0 saturated carbocycles. The number of carbonyl (C=O) groups is 2. The molecule has 3 rings (SSSR count). The summed E-state index contributed by atoms with van der Waals surface area (Å²) >= 11 is 0. The van der Waals surface area contributed by atoms with Gasteiger partial charge in [-0.2, -0.15) is 8.78 Å². The first-order valence-corrected chi connectivity index (χ1v) is 9.18.